The number of aliphatic hydroxyl groups is 1. The number of aliphatic hydroxyl groups excluding tert-OH is 1. The molecule has 0 aliphatic rings. The van der Waals surface area contributed by atoms with E-state index in [9.17, 15) is 5.11 Å². The Kier molecular flexibility index (Phi) is 4.82. The van der Waals surface area contributed by atoms with E-state index in [0.717, 1.165) is 11.4 Å². The number of hydrogen-bond donors (Lipinski definition) is 3. The van der Waals surface area contributed by atoms with Gasteiger partial charge >= 0.3 is 0 Å². The molecule has 1 rings (SSSR count). The minimum absolute atomic E-state index is 0.119. The van der Waals surface area contributed by atoms with E-state index < -0.39 is 0 Å². The molecule has 1 aromatic heterocycles. The molecule has 0 fully saturated rings. The number of nitrogens with two attached hydrogens (primary N) is 1. The highest BCUT2D eigenvalue weighted by atomic mass is 32.2. The van der Waals surface area contributed by atoms with Crippen LogP contribution in [0.1, 0.15) is 12.5 Å². The number of nitrogens with zero attached hydrogens (tertiary/aromatic N) is 2. The third-order valence-electron chi connectivity index (χ3n) is 2.40. The molecule has 0 aromatic carbocycles. The first-order valence-corrected chi connectivity index (χ1v) is 6.36. The van der Waals surface area contributed by atoms with Gasteiger partial charge < -0.3 is 16.2 Å². The average Bonchev–Trinajstić information content (AvgIpc) is 2.25. The van der Waals surface area contributed by atoms with Crippen molar-refractivity contribution in [3.8, 4) is 0 Å². The zero-order chi connectivity index (χ0) is 12.1. The van der Waals surface area contributed by atoms with Gasteiger partial charge in [-0.2, -0.15) is 16.7 Å². The van der Waals surface area contributed by atoms with Crippen molar-refractivity contribution in [3.05, 3.63) is 11.8 Å². The second-order valence-corrected chi connectivity index (χ2v) is 4.73. The van der Waals surface area contributed by atoms with Crippen molar-refractivity contribution in [2.75, 3.05) is 23.9 Å². The predicted molar refractivity (Wildman–Crippen MR) is 68.7 cm³/mol. The molecule has 6 heteroatoms. The third kappa shape index (κ3) is 3.24. The highest BCUT2D eigenvalue weighted by Gasteiger charge is 2.16. The van der Waals surface area contributed by atoms with Crippen LogP contribution in [0.5, 0.6) is 0 Å². The van der Waals surface area contributed by atoms with Crippen LogP contribution in [-0.4, -0.2) is 39.2 Å². The third-order valence-corrected chi connectivity index (χ3v) is 3.56. The Balaban J connectivity index is 2.75. The molecule has 1 aromatic rings. The molecule has 1 heterocycles. The molecular weight excluding hydrogens is 224 g/mol. The van der Waals surface area contributed by atoms with Crippen molar-refractivity contribution < 1.29 is 5.11 Å². The first-order chi connectivity index (χ1) is 7.58. The van der Waals surface area contributed by atoms with Crippen molar-refractivity contribution >= 4 is 23.5 Å². The van der Waals surface area contributed by atoms with Crippen LogP contribution in [0.15, 0.2) is 6.20 Å². The van der Waals surface area contributed by atoms with E-state index in [1.165, 1.54) is 0 Å². The maximum Gasteiger partial charge on any atom is 0.221 e. The topological polar surface area (TPSA) is 84.1 Å². The van der Waals surface area contributed by atoms with E-state index >= 15 is 0 Å². The monoisotopic (exact) mass is 242 g/mol. The van der Waals surface area contributed by atoms with Crippen molar-refractivity contribution in [3.63, 3.8) is 0 Å². The lowest BCUT2D eigenvalue weighted by molar-refractivity contribution is 0.288. The maximum atomic E-state index is 9.18. The zero-order valence-corrected chi connectivity index (χ0v) is 10.6. The lowest BCUT2D eigenvalue weighted by Gasteiger charge is -2.22. The van der Waals surface area contributed by atoms with Crippen LogP contribution < -0.4 is 11.1 Å². The molecule has 0 spiro atoms. The lowest BCUT2D eigenvalue weighted by Crippen LogP contribution is -2.31. The van der Waals surface area contributed by atoms with Gasteiger partial charge in [-0.1, -0.05) is 0 Å². The predicted octanol–water partition coefficient (Wildman–Crippen LogP) is 0.892. The van der Waals surface area contributed by atoms with Gasteiger partial charge in [-0.15, -0.1) is 0 Å². The SMILES string of the molecule is CSC(CO)C(C)Nc1nc(N)ncc1C. The van der Waals surface area contributed by atoms with Gasteiger partial charge in [0, 0.05) is 23.1 Å². The molecular formula is C10H18N4OS. The molecule has 0 bridgehead atoms. The second-order valence-electron chi connectivity index (χ2n) is 3.65. The fourth-order valence-electron chi connectivity index (χ4n) is 1.35. The standard InChI is InChI=1S/C10H18N4OS/c1-6-4-12-10(11)14-9(6)13-7(2)8(5-15)16-3/h4,7-8,15H,5H2,1-3H3,(H3,11,12,13,14). The molecule has 0 saturated carbocycles. The molecule has 0 aliphatic carbocycles. The van der Waals surface area contributed by atoms with Crippen LogP contribution in [0.2, 0.25) is 0 Å². The number of hydrogen-bond acceptors (Lipinski definition) is 6. The number of nitrogen functional groups attached to an aromatic ring is 1. The van der Waals surface area contributed by atoms with Crippen LogP contribution in [0.3, 0.4) is 0 Å². The Morgan fingerprint density at radius 2 is 2.31 bits per heavy atom. The molecule has 4 N–H and O–H groups in total. The van der Waals surface area contributed by atoms with E-state index in [4.69, 9.17) is 5.73 Å². The summed E-state index contributed by atoms with van der Waals surface area (Å²) >= 11 is 1.62. The number of thioether (sulfide) groups is 1. The van der Waals surface area contributed by atoms with Crippen molar-refractivity contribution in [2.45, 2.75) is 25.1 Å². The Labute approximate surface area is 99.9 Å². The van der Waals surface area contributed by atoms with E-state index in [1.54, 1.807) is 18.0 Å². The summed E-state index contributed by atoms with van der Waals surface area (Å²) in [4.78, 5) is 8.03. The number of rotatable bonds is 5. The van der Waals surface area contributed by atoms with Gasteiger partial charge in [0.15, 0.2) is 0 Å². The molecule has 90 valence electrons. The molecule has 0 aliphatic heterocycles. The first kappa shape index (κ1) is 13.1. The Morgan fingerprint density at radius 1 is 1.62 bits per heavy atom. The van der Waals surface area contributed by atoms with Gasteiger partial charge in [0.25, 0.3) is 0 Å². The molecule has 0 saturated heterocycles. The first-order valence-electron chi connectivity index (χ1n) is 5.07. The summed E-state index contributed by atoms with van der Waals surface area (Å²) in [6.45, 7) is 4.06. The van der Waals surface area contributed by atoms with Crippen molar-refractivity contribution in [1.29, 1.82) is 0 Å². The Bertz CT molecular complexity index is 344. The number of aromatic nitrogens is 2. The lowest BCUT2D eigenvalue weighted by atomic mass is 10.2. The van der Waals surface area contributed by atoms with Crippen LogP contribution >= 0.6 is 11.8 Å². The van der Waals surface area contributed by atoms with Gasteiger partial charge in [0.2, 0.25) is 5.95 Å². The molecule has 0 radical (unpaired) electrons. The van der Waals surface area contributed by atoms with Crippen LogP contribution in [0.4, 0.5) is 11.8 Å². The maximum absolute atomic E-state index is 9.18. The summed E-state index contributed by atoms with van der Waals surface area (Å²) in [5.74, 6) is 0.984. The van der Waals surface area contributed by atoms with Gasteiger partial charge in [-0.3, -0.25) is 0 Å². The highest BCUT2D eigenvalue weighted by Crippen LogP contribution is 2.17. The average molecular weight is 242 g/mol. The smallest absolute Gasteiger partial charge is 0.221 e. The summed E-state index contributed by atoms with van der Waals surface area (Å²) in [6.07, 6.45) is 3.66. The summed E-state index contributed by atoms with van der Waals surface area (Å²) in [5.41, 5.74) is 6.47. The fourth-order valence-corrected chi connectivity index (χ4v) is 1.97. The van der Waals surface area contributed by atoms with Crippen molar-refractivity contribution in [1.82, 2.24) is 9.97 Å². The van der Waals surface area contributed by atoms with E-state index in [-0.39, 0.29) is 23.8 Å². The molecule has 0 amide bonds. The summed E-state index contributed by atoms with van der Waals surface area (Å²) < 4.78 is 0. The van der Waals surface area contributed by atoms with E-state index in [2.05, 4.69) is 15.3 Å². The minimum atomic E-state index is 0.119. The number of aryl methyl sites for hydroxylation is 1. The second kappa shape index (κ2) is 5.91. The minimum Gasteiger partial charge on any atom is -0.395 e. The van der Waals surface area contributed by atoms with Gasteiger partial charge in [0.1, 0.15) is 5.82 Å². The molecule has 2 atom stereocenters. The molecule has 16 heavy (non-hydrogen) atoms. The quantitative estimate of drug-likeness (QED) is 0.711. The Morgan fingerprint density at radius 3 is 2.88 bits per heavy atom. The summed E-state index contributed by atoms with van der Waals surface area (Å²) in [6, 6.07) is 0.119. The Hall–Kier alpha value is -1.01. The molecule has 5 nitrogen and oxygen atoms in total. The fraction of sp³-hybridized carbons (Fsp3) is 0.600. The number of anilines is 2. The highest BCUT2D eigenvalue weighted by molar-refractivity contribution is 7.99. The number of nitrogens with one attached hydrogen (secondary N) is 1. The largest absolute Gasteiger partial charge is 0.395 e. The van der Waals surface area contributed by atoms with Crippen LogP contribution in [-0.2, 0) is 0 Å². The van der Waals surface area contributed by atoms with E-state index in [0.29, 0.717) is 0 Å². The van der Waals surface area contributed by atoms with Gasteiger partial charge in [-0.05, 0) is 20.1 Å². The van der Waals surface area contributed by atoms with Crippen LogP contribution in [0, 0.1) is 6.92 Å². The zero-order valence-electron chi connectivity index (χ0n) is 9.77. The molecule has 2 unspecified atom stereocenters. The van der Waals surface area contributed by atoms with Gasteiger partial charge in [-0.25, -0.2) is 4.98 Å². The van der Waals surface area contributed by atoms with Crippen molar-refractivity contribution in [2.24, 2.45) is 0 Å². The van der Waals surface area contributed by atoms with Gasteiger partial charge in [0.05, 0.1) is 6.61 Å². The van der Waals surface area contributed by atoms with Crippen LogP contribution in [0.25, 0.3) is 0 Å². The summed E-state index contributed by atoms with van der Waals surface area (Å²) in [7, 11) is 0. The normalized spacial score (nSPS) is 14.5. The summed E-state index contributed by atoms with van der Waals surface area (Å²) in [5, 5.41) is 12.6. The van der Waals surface area contributed by atoms with E-state index in [1.807, 2.05) is 20.1 Å².